The zero-order valence-corrected chi connectivity index (χ0v) is 13.8. The molecule has 0 aliphatic heterocycles. The first-order chi connectivity index (χ1) is 10.7. The molecule has 0 saturated carbocycles. The number of anilines is 1. The Morgan fingerprint density at radius 3 is 2.64 bits per heavy atom. The number of amides is 1. The predicted octanol–water partition coefficient (Wildman–Crippen LogP) is 4.01. The molecule has 0 atom stereocenters. The molecule has 0 fully saturated rings. The molecule has 3 nitrogen and oxygen atoms in total. The average Bonchev–Trinajstić information content (AvgIpc) is 2.50. The quantitative estimate of drug-likeness (QED) is 0.839. The smallest absolute Gasteiger partial charge is 0.234 e. The van der Waals surface area contributed by atoms with Crippen molar-refractivity contribution in [1.29, 1.82) is 0 Å². The summed E-state index contributed by atoms with van der Waals surface area (Å²) in [6, 6.07) is 16.1. The van der Waals surface area contributed by atoms with Crippen LogP contribution >= 0.6 is 11.8 Å². The molecule has 22 heavy (non-hydrogen) atoms. The van der Waals surface area contributed by atoms with Gasteiger partial charge in [0.1, 0.15) is 0 Å². The highest BCUT2D eigenvalue weighted by molar-refractivity contribution is 7.99. The summed E-state index contributed by atoms with van der Waals surface area (Å²) in [6.45, 7) is 2.62. The Kier molecular flexibility index (Phi) is 6.49. The van der Waals surface area contributed by atoms with Gasteiger partial charge in [0, 0.05) is 18.6 Å². The van der Waals surface area contributed by atoms with Crippen molar-refractivity contribution in [2.45, 2.75) is 19.3 Å². The SMILES string of the molecule is COCc1cccc(NC(=O)CSCc2ccc(C)cc2)c1. The highest BCUT2D eigenvalue weighted by atomic mass is 32.2. The first-order valence-corrected chi connectivity index (χ1v) is 8.34. The maximum atomic E-state index is 12.0. The molecule has 0 heterocycles. The highest BCUT2D eigenvalue weighted by Crippen LogP contribution is 2.15. The van der Waals surface area contributed by atoms with Gasteiger partial charge < -0.3 is 10.1 Å². The van der Waals surface area contributed by atoms with Gasteiger partial charge in [0.15, 0.2) is 0 Å². The fourth-order valence-electron chi connectivity index (χ4n) is 2.05. The molecule has 0 bridgehead atoms. The van der Waals surface area contributed by atoms with Gasteiger partial charge in [-0.05, 0) is 30.2 Å². The number of hydrogen-bond acceptors (Lipinski definition) is 3. The molecule has 4 heteroatoms. The summed E-state index contributed by atoms with van der Waals surface area (Å²) in [4.78, 5) is 12.0. The molecular formula is C18H21NO2S. The van der Waals surface area contributed by atoms with Gasteiger partial charge in [0.2, 0.25) is 5.91 Å². The molecule has 116 valence electrons. The van der Waals surface area contributed by atoms with Gasteiger partial charge in [-0.3, -0.25) is 4.79 Å². The molecule has 0 unspecified atom stereocenters. The van der Waals surface area contributed by atoms with Crippen molar-refractivity contribution in [3.63, 3.8) is 0 Å². The maximum absolute atomic E-state index is 12.0. The number of methoxy groups -OCH3 is 1. The topological polar surface area (TPSA) is 38.3 Å². The summed E-state index contributed by atoms with van der Waals surface area (Å²) in [5, 5.41) is 2.92. The van der Waals surface area contributed by atoms with E-state index in [2.05, 4.69) is 36.5 Å². The Morgan fingerprint density at radius 1 is 1.14 bits per heavy atom. The first-order valence-electron chi connectivity index (χ1n) is 7.18. The molecule has 0 aliphatic carbocycles. The third kappa shape index (κ3) is 5.54. The first kappa shape index (κ1) is 16.6. The fourth-order valence-corrected chi connectivity index (χ4v) is 2.84. The van der Waals surface area contributed by atoms with Gasteiger partial charge in [-0.1, -0.05) is 42.0 Å². The Labute approximate surface area is 136 Å². The number of carbonyl (C=O) groups excluding carboxylic acids is 1. The third-order valence-corrected chi connectivity index (χ3v) is 4.15. The summed E-state index contributed by atoms with van der Waals surface area (Å²) >= 11 is 1.62. The van der Waals surface area contributed by atoms with Crippen molar-refractivity contribution < 1.29 is 9.53 Å². The van der Waals surface area contributed by atoms with Crippen molar-refractivity contribution in [3.05, 3.63) is 65.2 Å². The van der Waals surface area contributed by atoms with Gasteiger partial charge >= 0.3 is 0 Å². The van der Waals surface area contributed by atoms with Gasteiger partial charge in [0.25, 0.3) is 0 Å². The number of benzene rings is 2. The van der Waals surface area contributed by atoms with Crippen LogP contribution in [0.15, 0.2) is 48.5 Å². The third-order valence-electron chi connectivity index (χ3n) is 3.14. The Balaban J connectivity index is 1.78. The molecule has 0 saturated heterocycles. The van der Waals surface area contributed by atoms with Crippen molar-refractivity contribution in [2.75, 3.05) is 18.2 Å². The van der Waals surface area contributed by atoms with E-state index in [1.807, 2.05) is 24.3 Å². The zero-order chi connectivity index (χ0) is 15.8. The second-order valence-electron chi connectivity index (χ2n) is 5.16. The summed E-state index contributed by atoms with van der Waals surface area (Å²) in [6.07, 6.45) is 0. The summed E-state index contributed by atoms with van der Waals surface area (Å²) in [7, 11) is 1.66. The molecule has 2 rings (SSSR count). The molecular weight excluding hydrogens is 294 g/mol. The van der Waals surface area contributed by atoms with E-state index < -0.39 is 0 Å². The Hall–Kier alpha value is -1.78. The second kappa shape index (κ2) is 8.61. The minimum atomic E-state index is 0.0201. The van der Waals surface area contributed by atoms with Crippen LogP contribution in [0.1, 0.15) is 16.7 Å². The number of nitrogens with one attached hydrogen (secondary N) is 1. The summed E-state index contributed by atoms with van der Waals surface area (Å²) in [5.41, 5.74) is 4.36. The van der Waals surface area contributed by atoms with E-state index in [1.54, 1.807) is 18.9 Å². The van der Waals surface area contributed by atoms with Gasteiger partial charge in [-0.2, -0.15) is 0 Å². The molecule has 2 aromatic carbocycles. The molecule has 2 aromatic rings. The van der Waals surface area contributed by atoms with Crippen molar-refractivity contribution in [3.8, 4) is 0 Å². The molecule has 0 aromatic heterocycles. The summed E-state index contributed by atoms with van der Waals surface area (Å²) in [5.74, 6) is 1.31. The van der Waals surface area contributed by atoms with Crippen LogP contribution in [0.2, 0.25) is 0 Å². The molecule has 0 aliphatic rings. The van der Waals surface area contributed by atoms with Crippen LogP contribution in [0.3, 0.4) is 0 Å². The van der Waals surface area contributed by atoms with E-state index >= 15 is 0 Å². The highest BCUT2D eigenvalue weighted by Gasteiger charge is 2.04. The number of aryl methyl sites for hydroxylation is 1. The van der Waals surface area contributed by atoms with Crippen molar-refractivity contribution in [1.82, 2.24) is 0 Å². The average molecular weight is 315 g/mol. The van der Waals surface area contributed by atoms with Crippen molar-refractivity contribution >= 4 is 23.4 Å². The maximum Gasteiger partial charge on any atom is 0.234 e. The van der Waals surface area contributed by atoms with E-state index in [1.165, 1.54) is 11.1 Å². The number of thioether (sulfide) groups is 1. The van der Waals surface area contributed by atoms with Gasteiger partial charge in [0.05, 0.1) is 12.4 Å². The minimum absolute atomic E-state index is 0.0201. The predicted molar refractivity (Wildman–Crippen MR) is 93.1 cm³/mol. The number of hydrogen-bond donors (Lipinski definition) is 1. The fraction of sp³-hybridized carbons (Fsp3) is 0.278. The zero-order valence-electron chi connectivity index (χ0n) is 13.0. The Bertz CT molecular complexity index is 611. The molecule has 0 spiro atoms. The van der Waals surface area contributed by atoms with Crippen LogP contribution in [-0.4, -0.2) is 18.8 Å². The van der Waals surface area contributed by atoms with E-state index in [0.29, 0.717) is 12.4 Å². The van der Waals surface area contributed by atoms with Crippen LogP contribution < -0.4 is 5.32 Å². The van der Waals surface area contributed by atoms with E-state index in [0.717, 1.165) is 17.0 Å². The number of carbonyl (C=O) groups is 1. The van der Waals surface area contributed by atoms with Crippen LogP contribution in [0, 0.1) is 6.92 Å². The standard InChI is InChI=1S/C18H21NO2S/c1-14-6-8-15(9-7-14)12-22-13-18(20)19-17-5-3-4-16(10-17)11-21-2/h3-10H,11-13H2,1-2H3,(H,19,20). The van der Waals surface area contributed by atoms with Crippen LogP contribution in [-0.2, 0) is 21.9 Å². The van der Waals surface area contributed by atoms with Gasteiger partial charge in [-0.15, -0.1) is 11.8 Å². The largest absolute Gasteiger partial charge is 0.380 e. The number of ether oxygens (including phenoxy) is 1. The lowest BCUT2D eigenvalue weighted by Crippen LogP contribution is -2.14. The number of rotatable bonds is 7. The molecule has 1 amide bonds. The molecule has 0 radical (unpaired) electrons. The second-order valence-corrected chi connectivity index (χ2v) is 6.15. The lowest BCUT2D eigenvalue weighted by molar-refractivity contribution is -0.113. The van der Waals surface area contributed by atoms with E-state index in [9.17, 15) is 4.79 Å². The lowest BCUT2D eigenvalue weighted by atomic mass is 10.2. The van der Waals surface area contributed by atoms with Crippen LogP contribution in [0.4, 0.5) is 5.69 Å². The monoisotopic (exact) mass is 315 g/mol. The summed E-state index contributed by atoms with van der Waals surface area (Å²) < 4.78 is 5.09. The minimum Gasteiger partial charge on any atom is -0.380 e. The normalized spacial score (nSPS) is 10.5. The van der Waals surface area contributed by atoms with Gasteiger partial charge in [-0.25, -0.2) is 0 Å². The van der Waals surface area contributed by atoms with Crippen LogP contribution in [0.5, 0.6) is 0 Å². The van der Waals surface area contributed by atoms with Crippen LogP contribution in [0.25, 0.3) is 0 Å². The van der Waals surface area contributed by atoms with Crippen molar-refractivity contribution in [2.24, 2.45) is 0 Å². The Morgan fingerprint density at radius 2 is 1.91 bits per heavy atom. The van der Waals surface area contributed by atoms with E-state index in [-0.39, 0.29) is 5.91 Å². The van der Waals surface area contributed by atoms with E-state index in [4.69, 9.17) is 4.74 Å². The lowest BCUT2D eigenvalue weighted by Gasteiger charge is -2.07. The molecule has 1 N–H and O–H groups in total.